The van der Waals surface area contributed by atoms with Crippen LogP contribution in [0.2, 0.25) is 0 Å². The Balaban J connectivity index is 3.01. The summed E-state index contributed by atoms with van der Waals surface area (Å²) in [6, 6.07) is -5.47. The van der Waals surface area contributed by atoms with Gasteiger partial charge in [-0.1, -0.05) is 6.42 Å². The van der Waals surface area contributed by atoms with Crippen molar-refractivity contribution in [1.29, 1.82) is 0 Å². The summed E-state index contributed by atoms with van der Waals surface area (Å²) in [5.74, 6) is -6.41. The summed E-state index contributed by atoms with van der Waals surface area (Å²) in [7, 11) is 0. The van der Waals surface area contributed by atoms with E-state index in [-0.39, 0.29) is 19.3 Å². The molecule has 4 amide bonds. The van der Waals surface area contributed by atoms with Crippen molar-refractivity contribution < 1.29 is 39.0 Å². The molecule has 0 aliphatic heterocycles. The normalized spacial score (nSPS) is 14.0. The second-order valence-corrected chi connectivity index (χ2v) is 8.30. The number of rotatable bonds is 18. The van der Waals surface area contributed by atoms with Crippen LogP contribution in [0.4, 0.5) is 0 Å². The van der Waals surface area contributed by atoms with E-state index < -0.39 is 66.2 Å². The summed E-state index contributed by atoms with van der Waals surface area (Å²) in [4.78, 5) is 78.7. The molecule has 37 heavy (non-hydrogen) atoms. The zero-order valence-corrected chi connectivity index (χ0v) is 20.1. The minimum atomic E-state index is -1.69. The van der Waals surface area contributed by atoms with E-state index in [1.807, 2.05) is 0 Å². The number of carboxylic acids is 2. The number of H-pyrrole nitrogens is 1. The van der Waals surface area contributed by atoms with E-state index in [1.54, 1.807) is 0 Å². The number of amides is 4. The predicted octanol–water partition coefficient (Wildman–Crippen LogP) is -3.31. The van der Waals surface area contributed by atoms with Crippen LogP contribution in [0.1, 0.15) is 44.2 Å². The van der Waals surface area contributed by atoms with E-state index in [0.717, 1.165) is 0 Å². The molecule has 0 aromatic carbocycles. The van der Waals surface area contributed by atoms with Crippen LogP contribution in [0.5, 0.6) is 0 Å². The van der Waals surface area contributed by atoms with Gasteiger partial charge in [0.15, 0.2) is 0 Å². The van der Waals surface area contributed by atoms with Crippen molar-refractivity contribution in [3.8, 4) is 0 Å². The fourth-order valence-corrected chi connectivity index (χ4v) is 3.22. The van der Waals surface area contributed by atoms with Gasteiger partial charge in [0.25, 0.3) is 0 Å². The van der Waals surface area contributed by atoms with E-state index >= 15 is 0 Å². The lowest BCUT2D eigenvalue weighted by molar-refractivity contribution is -0.143. The summed E-state index contributed by atoms with van der Waals surface area (Å²) < 4.78 is 0. The summed E-state index contributed by atoms with van der Waals surface area (Å²) in [5, 5.41) is 25.3. The average Bonchev–Trinajstić information content (AvgIpc) is 3.33. The number of aromatic nitrogens is 2. The summed E-state index contributed by atoms with van der Waals surface area (Å²) in [5.41, 5.74) is 16.8. The lowest BCUT2D eigenvalue weighted by atomic mass is 10.1. The lowest BCUT2D eigenvalue weighted by Crippen LogP contribution is -2.58. The Morgan fingerprint density at radius 2 is 1.54 bits per heavy atom. The van der Waals surface area contributed by atoms with Gasteiger partial charge in [-0.05, 0) is 25.8 Å². The van der Waals surface area contributed by atoms with E-state index in [1.165, 1.54) is 12.5 Å². The molecular weight excluding hydrogens is 492 g/mol. The number of aliphatic carboxylic acids is 2. The second kappa shape index (κ2) is 15.8. The second-order valence-electron chi connectivity index (χ2n) is 8.30. The number of primary amides is 1. The van der Waals surface area contributed by atoms with Crippen LogP contribution in [-0.2, 0) is 35.2 Å². The fraction of sp³-hybridized carbons (Fsp3) is 0.571. The fourth-order valence-electron chi connectivity index (χ4n) is 3.22. The van der Waals surface area contributed by atoms with Crippen molar-refractivity contribution >= 4 is 35.6 Å². The van der Waals surface area contributed by atoms with Crippen LogP contribution in [0, 0.1) is 0 Å². The van der Waals surface area contributed by atoms with Gasteiger partial charge in [0.2, 0.25) is 23.6 Å². The molecular formula is C21H34N8O8. The van der Waals surface area contributed by atoms with Crippen molar-refractivity contribution in [2.45, 2.75) is 69.1 Å². The summed E-state index contributed by atoms with van der Waals surface area (Å²) in [6.45, 7) is 0.428. The first kappa shape index (κ1) is 31.0. The number of aromatic amines is 1. The number of nitrogens with two attached hydrogens (primary N) is 3. The molecule has 1 aromatic heterocycles. The number of nitrogens with one attached hydrogen (secondary N) is 4. The van der Waals surface area contributed by atoms with Gasteiger partial charge in [0, 0.05) is 24.7 Å². The molecule has 1 rings (SSSR count). The lowest BCUT2D eigenvalue weighted by Gasteiger charge is -2.24. The van der Waals surface area contributed by atoms with Crippen molar-refractivity contribution in [3.63, 3.8) is 0 Å². The van der Waals surface area contributed by atoms with E-state index in [9.17, 15) is 39.0 Å². The molecule has 0 fully saturated rings. The Morgan fingerprint density at radius 1 is 0.919 bits per heavy atom. The minimum Gasteiger partial charge on any atom is -0.481 e. The molecule has 0 saturated heterocycles. The number of carbonyl (C=O) groups excluding carboxylic acids is 4. The largest absolute Gasteiger partial charge is 0.481 e. The van der Waals surface area contributed by atoms with Gasteiger partial charge in [-0.25, -0.2) is 9.78 Å². The first-order valence-electron chi connectivity index (χ1n) is 11.5. The Kier molecular flexibility index (Phi) is 13.3. The molecule has 4 unspecified atom stereocenters. The van der Waals surface area contributed by atoms with Crippen molar-refractivity contribution in [3.05, 3.63) is 18.2 Å². The van der Waals surface area contributed by atoms with Gasteiger partial charge in [-0.3, -0.25) is 24.0 Å². The monoisotopic (exact) mass is 526 g/mol. The summed E-state index contributed by atoms with van der Waals surface area (Å²) in [6.07, 6.45) is 2.64. The van der Waals surface area contributed by atoms with Gasteiger partial charge in [0.05, 0.1) is 18.8 Å². The maximum atomic E-state index is 13.1. The molecule has 0 bridgehead atoms. The maximum Gasteiger partial charge on any atom is 0.326 e. The maximum absolute atomic E-state index is 13.1. The number of carbonyl (C=O) groups is 6. The highest BCUT2D eigenvalue weighted by molar-refractivity contribution is 5.95. The summed E-state index contributed by atoms with van der Waals surface area (Å²) >= 11 is 0. The molecule has 1 heterocycles. The standard InChI is InChI=1S/C21H34N8O8/c22-6-2-1-3-12(23)18(33)28-14(7-11-9-25-10-26-11)19(34)29-15(8-17(31)32)20(35)27-13(21(36)37)4-5-16(24)30/h9-10,12-15H,1-8,22-23H2,(H2,24,30)(H,25,26)(H,27,35)(H,28,33)(H,29,34)(H,31,32)(H,36,37). The van der Waals surface area contributed by atoms with Crippen LogP contribution in [0.3, 0.4) is 0 Å². The third-order valence-electron chi connectivity index (χ3n) is 5.22. The molecule has 0 aliphatic carbocycles. The minimum absolute atomic E-state index is 0.0924. The van der Waals surface area contributed by atoms with Crippen LogP contribution in [-0.4, -0.2) is 86.5 Å². The van der Waals surface area contributed by atoms with Crippen LogP contribution in [0.25, 0.3) is 0 Å². The van der Waals surface area contributed by atoms with E-state index in [0.29, 0.717) is 31.5 Å². The molecule has 0 spiro atoms. The van der Waals surface area contributed by atoms with Crippen LogP contribution in [0.15, 0.2) is 12.5 Å². The third kappa shape index (κ3) is 12.0. The predicted molar refractivity (Wildman–Crippen MR) is 127 cm³/mol. The Bertz CT molecular complexity index is 939. The van der Waals surface area contributed by atoms with Crippen molar-refractivity contribution in [2.24, 2.45) is 17.2 Å². The van der Waals surface area contributed by atoms with Gasteiger partial charge in [-0.15, -0.1) is 0 Å². The molecule has 16 nitrogen and oxygen atoms in total. The molecule has 0 aliphatic rings. The van der Waals surface area contributed by atoms with Gasteiger partial charge >= 0.3 is 11.9 Å². The van der Waals surface area contributed by atoms with Gasteiger partial charge in [0.1, 0.15) is 18.1 Å². The Morgan fingerprint density at radius 3 is 2.08 bits per heavy atom. The molecule has 1 aromatic rings. The quantitative estimate of drug-likeness (QED) is 0.0853. The number of carboxylic acid groups (broad SMARTS) is 2. The number of nitrogens with zero attached hydrogens (tertiary/aromatic N) is 1. The smallest absolute Gasteiger partial charge is 0.326 e. The Labute approximate surface area is 212 Å². The SMILES string of the molecule is NCCCCC(N)C(=O)NC(Cc1cnc[nH]1)C(=O)NC(CC(=O)O)C(=O)NC(CCC(N)=O)C(=O)O. The zero-order valence-electron chi connectivity index (χ0n) is 20.1. The third-order valence-corrected chi connectivity index (χ3v) is 5.22. The van der Waals surface area contributed by atoms with E-state index in [4.69, 9.17) is 17.2 Å². The molecule has 4 atom stereocenters. The highest BCUT2D eigenvalue weighted by Gasteiger charge is 2.32. The van der Waals surface area contributed by atoms with Crippen LogP contribution >= 0.6 is 0 Å². The number of hydrogen-bond donors (Lipinski definition) is 9. The zero-order chi connectivity index (χ0) is 28.0. The topological polar surface area (TPSA) is 286 Å². The Hall–Kier alpha value is -4.05. The van der Waals surface area contributed by atoms with Gasteiger partial charge < -0.3 is 48.3 Å². The van der Waals surface area contributed by atoms with Gasteiger partial charge in [-0.2, -0.15) is 0 Å². The molecule has 0 saturated carbocycles. The highest BCUT2D eigenvalue weighted by Crippen LogP contribution is 2.05. The molecule has 0 radical (unpaired) electrons. The number of unbranched alkanes of at least 4 members (excludes halogenated alkanes) is 1. The first-order chi connectivity index (χ1) is 17.4. The molecule has 206 valence electrons. The highest BCUT2D eigenvalue weighted by atomic mass is 16.4. The van der Waals surface area contributed by atoms with Crippen molar-refractivity contribution in [2.75, 3.05) is 6.54 Å². The van der Waals surface area contributed by atoms with Crippen molar-refractivity contribution in [1.82, 2.24) is 25.9 Å². The first-order valence-corrected chi connectivity index (χ1v) is 11.5. The molecule has 16 heteroatoms. The number of imidazole rings is 1. The number of hydrogen-bond acceptors (Lipinski definition) is 9. The van der Waals surface area contributed by atoms with Crippen LogP contribution < -0.4 is 33.2 Å². The van der Waals surface area contributed by atoms with E-state index in [2.05, 4.69) is 25.9 Å². The average molecular weight is 527 g/mol. The molecule has 12 N–H and O–H groups in total.